The molecule has 3 aromatic carbocycles. The SMILES string of the molecule is COC(=O)c1cc2c(OC)cc(OC(C)=O)c3c2c(c1C(=O)OC)-c1cc(OC(C)=O)c(OC(C)=O)cc1O3. The average molecular weight is 538 g/mol. The van der Waals surface area contributed by atoms with Gasteiger partial charge in [0, 0.05) is 54.8 Å². The third-order valence-electron chi connectivity index (χ3n) is 5.61. The van der Waals surface area contributed by atoms with Gasteiger partial charge >= 0.3 is 29.8 Å². The summed E-state index contributed by atoms with van der Waals surface area (Å²) in [6.07, 6.45) is 0. The van der Waals surface area contributed by atoms with E-state index in [-0.39, 0.29) is 62.1 Å². The van der Waals surface area contributed by atoms with Gasteiger partial charge in [0.05, 0.1) is 32.5 Å². The molecule has 0 radical (unpaired) electrons. The second kappa shape index (κ2) is 10.3. The molecule has 3 aromatic rings. The molecule has 0 bridgehead atoms. The van der Waals surface area contributed by atoms with E-state index in [0.29, 0.717) is 5.39 Å². The summed E-state index contributed by atoms with van der Waals surface area (Å²) >= 11 is 0. The van der Waals surface area contributed by atoms with Crippen LogP contribution in [0.15, 0.2) is 24.3 Å². The number of ether oxygens (including phenoxy) is 7. The van der Waals surface area contributed by atoms with Gasteiger partial charge in [-0.1, -0.05) is 0 Å². The predicted octanol–water partition coefficient (Wildman–Crippen LogP) is 3.97. The fourth-order valence-corrected chi connectivity index (χ4v) is 4.25. The number of methoxy groups -OCH3 is 3. The van der Waals surface area contributed by atoms with Gasteiger partial charge in [-0.2, -0.15) is 0 Å². The van der Waals surface area contributed by atoms with Crippen molar-refractivity contribution < 1.29 is 57.1 Å². The van der Waals surface area contributed by atoms with Crippen LogP contribution in [0.4, 0.5) is 0 Å². The van der Waals surface area contributed by atoms with Crippen molar-refractivity contribution in [3.63, 3.8) is 0 Å². The standard InChI is InChI=1S/C27H22O12/c1-11(28)36-19-8-15-18(10-20(19)37-12(2)29)39-25-21(38-13(3)30)9-17(33-4)14-7-16(26(31)34-5)24(27(32)35-6)22(15)23(14)25/h7-10H,1-6H3. The highest BCUT2D eigenvalue weighted by Crippen LogP contribution is 2.56. The molecule has 0 atom stereocenters. The highest BCUT2D eigenvalue weighted by atomic mass is 16.6. The van der Waals surface area contributed by atoms with Gasteiger partial charge in [0.1, 0.15) is 11.5 Å². The quantitative estimate of drug-likeness (QED) is 0.258. The van der Waals surface area contributed by atoms with Crippen LogP contribution in [0.1, 0.15) is 41.5 Å². The van der Waals surface area contributed by atoms with Gasteiger partial charge in [0.15, 0.2) is 23.0 Å². The van der Waals surface area contributed by atoms with Crippen LogP contribution in [0.2, 0.25) is 0 Å². The van der Waals surface area contributed by atoms with E-state index in [2.05, 4.69) is 0 Å². The Morgan fingerprint density at radius 1 is 0.667 bits per heavy atom. The predicted molar refractivity (Wildman–Crippen MR) is 133 cm³/mol. The molecule has 0 spiro atoms. The van der Waals surface area contributed by atoms with Gasteiger partial charge < -0.3 is 33.2 Å². The largest absolute Gasteiger partial charge is 0.496 e. The van der Waals surface area contributed by atoms with Crippen LogP contribution < -0.4 is 23.7 Å². The van der Waals surface area contributed by atoms with Crippen LogP contribution in [-0.2, 0) is 23.9 Å². The molecule has 4 rings (SSSR count). The van der Waals surface area contributed by atoms with Crippen molar-refractivity contribution in [2.24, 2.45) is 0 Å². The fraction of sp³-hybridized carbons (Fsp3) is 0.222. The van der Waals surface area contributed by atoms with Crippen LogP contribution in [0.25, 0.3) is 21.9 Å². The topological polar surface area (TPSA) is 150 Å². The van der Waals surface area contributed by atoms with E-state index in [1.165, 1.54) is 38.3 Å². The van der Waals surface area contributed by atoms with Crippen molar-refractivity contribution in [3.8, 4) is 45.6 Å². The minimum Gasteiger partial charge on any atom is -0.496 e. The molecule has 12 heteroatoms. The van der Waals surface area contributed by atoms with Gasteiger partial charge in [0.2, 0.25) is 0 Å². The minimum atomic E-state index is -0.902. The first-order valence-corrected chi connectivity index (χ1v) is 11.3. The Morgan fingerprint density at radius 3 is 1.77 bits per heavy atom. The highest BCUT2D eigenvalue weighted by Gasteiger charge is 2.35. The van der Waals surface area contributed by atoms with Crippen LogP contribution >= 0.6 is 0 Å². The summed E-state index contributed by atoms with van der Waals surface area (Å²) in [5.74, 6) is -4.06. The smallest absolute Gasteiger partial charge is 0.339 e. The van der Waals surface area contributed by atoms with E-state index in [9.17, 15) is 24.0 Å². The van der Waals surface area contributed by atoms with Crippen LogP contribution in [-0.4, -0.2) is 51.2 Å². The third kappa shape index (κ3) is 4.79. The summed E-state index contributed by atoms with van der Waals surface area (Å²) < 4.78 is 37.4. The number of esters is 5. The first-order valence-electron chi connectivity index (χ1n) is 11.3. The summed E-state index contributed by atoms with van der Waals surface area (Å²) in [7, 11) is 3.64. The fourth-order valence-electron chi connectivity index (χ4n) is 4.25. The molecule has 0 amide bonds. The molecular formula is C27H22O12. The Bertz CT molecular complexity index is 1580. The Balaban J connectivity index is 2.25. The molecule has 12 nitrogen and oxygen atoms in total. The van der Waals surface area contributed by atoms with Crippen LogP contribution in [0.5, 0.6) is 34.5 Å². The van der Waals surface area contributed by atoms with Crippen molar-refractivity contribution in [1.29, 1.82) is 0 Å². The maximum atomic E-state index is 13.2. The lowest BCUT2D eigenvalue weighted by molar-refractivity contribution is -0.134. The molecule has 0 unspecified atom stereocenters. The second-order valence-corrected chi connectivity index (χ2v) is 8.16. The molecular weight excluding hydrogens is 516 g/mol. The first kappa shape index (κ1) is 26.9. The Morgan fingerprint density at radius 2 is 1.23 bits per heavy atom. The summed E-state index contributed by atoms with van der Waals surface area (Å²) in [4.78, 5) is 61.6. The van der Waals surface area contributed by atoms with E-state index in [0.717, 1.165) is 28.1 Å². The average Bonchev–Trinajstić information content (AvgIpc) is 2.88. The lowest BCUT2D eigenvalue weighted by Gasteiger charge is -2.27. The van der Waals surface area contributed by atoms with E-state index in [1.807, 2.05) is 0 Å². The molecule has 0 saturated carbocycles. The summed E-state index contributed by atoms with van der Waals surface area (Å²) in [6, 6.07) is 5.32. The molecule has 0 fully saturated rings. The molecule has 39 heavy (non-hydrogen) atoms. The molecule has 202 valence electrons. The van der Waals surface area contributed by atoms with Crippen molar-refractivity contribution in [3.05, 3.63) is 35.4 Å². The molecule has 1 aliphatic rings. The Hall–Kier alpha value is -5.13. The van der Waals surface area contributed by atoms with Gasteiger partial charge in [-0.3, -0.25) is 14.4 Å². The maximum Gasteiger partial charge on any atom is 0.339 e. The van der Waals surface area contributed by atoms with Crippen molar-refractivity contribution >= 4 is 40.6 Å². The number of hydrogen-bond donors (Lipinski definition) is 0. The number of rotatable bonds is 6. The zero-order chi connectivity index (χ0) is 28.6. The van der Waals surface area contributed by atoms with Gasteiger partial charge in [-0.05, 0) is 12.1 Å². The molecule has 0 aromatic heterocycles. The minimum absolute atomic E-state index is 0.000852. The Labute approximate surface area is 221 Å². The van der Waals surface area contributed by atoms with E-state index < -0.39 is 29.8 Å². The lowest BCUT2D eigenvalue weighted by atomic mass is 9.86. The summed E-state index contributed by atoms with van der Waals surface area (Å²) in [5.41, 5.74) is -0.111. The van der Waals surface area contributed by atoms with Gasteiger partial charge in [-0.25, -0.2) is 9.59 Å². The summed E-state index contributed by atoms with van der Waals surface area (Å²) in [5, 5.41) is 0.523. The molecule has 0 saturated heterocycles. The van der Waals surface area contributed by atoms with Crippen molar-refractivity contribution in [2.75, 3.05) is 21.3 Å². The van der Waals surface area contributed by atoms with Crippen molar-refractivity contribution in [2.45, 2.75) is 20.8 Å². The molecule has 1 heterocycles. The van der Waals surface area contributed by atoms with Crippen LogP contribution in [0, 0.1) is 0 Å². The zero-order valence-corrected chi connectivity index (χ0v) is 21.7. The number of carbonyl (C=O) groups excluding carboxylic acids is 5. The Kier molecular flexibility index (Phi) is 7.13. The number of benzene rings is 3. The second-order valence-electron chi connectivity index (χ2n) is 8.16. The lowest BCUT2D eigenvalue weighted by Crippen LogP contribution is -2.16. The molecule has 0 aliphatic carbocycles. The number of hydrogen-bond acceptors (Lipinski definition) is 12. The first-order chi connectivity index (χ1) is 18.5. The van der Waals surface area contributed by atoms with Crippen molar-refractivity contribution in [1.82, 2.24) is 0 Å². The highest BCUT2D eigenvalue weighted by molar-refractivity contribution is 6.20. The normalized spacial score (nSPS) is 11.0. The van der Waals surface area contributed by atoms with Gasteiger partial charge in [0.25, 0.3) is 0 Å². The monoisotopic (exact) mass is 538 g/mol. The third-order valence-corrected chi connectivity index (χ3v) is 5.61. The van der Waals surface area contributed by atoms with Crippen LogP contribution in [0.3, 0.4) is 0 Å². The van der Waals surface area contributed by atoms with E-state index in [1.54, 1.807) is 0 Å². The van der Waals surface area contributed by atoms with E-state index >= 15 is 0 Å². The van der Waals surface area contributed by atoms with E-state index in [4.69, 9.17) is 33.2 Å². The summed E-state index contributed by atoms with van der Waals surface area (Å²) in [6.45, 7) is 3.48. The maximum absolute atomic E-state index is 13.2. The van der Waals surface area contributed by atoms with Gasteiger partial charge in [-0.15, -0.1) is 0 Å². The molecule has 0 N–H and O–H groups in total. The zero-order valence-electron chi connectivity index (χ0n) is 21.7. The molecule has 1 aliphatic heterocycles. The number of fused-ring (bicyclic) bond motifs is 2. The number of carbonyl (C=O) groups is 5.